The zero-order valence-electron chi connectivity index (χ0n) is 14.6. The topological polar surface area (TPSA) is 35.5 Å². The van der Waals surface area contributed by atoms with E-state index < -0.39 is 23.2 Å². The lowest BCUT2D eigenvalue weighted by Gasteiger charge is -2.24. The molecular formula is C20H22F2O3. The number of hydrogen-bond donors (Lipinski definition) is 0. The number of halogens is 2. The average Bonchev–Trinajstić information content (AvgIpc) is 2.56. The van der Waals surface area contributed by atoms with Crippen molar-refractivity contribution >= 4 is 5.97 Å². The van der Waals surface area contributed by atoms with Gasteiger partial charge in [0.25, 0.3) is 0 Å². The fraction of sp³-hybridized carbons (Fsp3) is 0.350. The maximum Gasteiger partial charge on any atom is 0.349 e. The van der Waals surface area contributed by atoms with Gasteiger partial charge in [-0.15, -0.1) is 0 Å². The molecule has 0 heterocycles. The molecular weight excluding hydrogens is 326 g/mol. The molecule has 25 heavy (non-hydrogen) atoms. The summed E-state index contributed by atoms with van der Waals surface area (Å²) in [5.41, 5.74) is -0.240. The second kappa shape index (κ2) is 8.10. The summed E-state index contributed by atoms with van der Waals surface area (Å²) in [6.45, 7) is 5.65. The summed E-state index contributed by atoms with van der Waals surface area (Å²) in [5.74, 6) is -1.23. The molecule has 0 bridgehead atoms. The van der Waals surface area contributed by atoms with E-state index in [1.165, 1.54) is 12.1 Å². The van der Waals surface area contributed by atoms with Gasteiger partial charge in [-0.1, -0.05) is 25.5 Å². The van der Waals surface area contributed by atoms with Crippen molar-refractivity contribution in [2.45, 2.75) is 39.2 Å². The van der Waals surface area contributed by atoms with Crippen LogP contribution in [0.4, 0.5) is 8.78 Å². The first kappa shape index (κ1) is 18.9. The fourth-order valence-electron chi connectivity index (χ4n) is 2.25. The van der Waals surface area contributed by atoms with Crippen LogP contribution in [0.3, 0.4) is 0 Å². The molecule has 0 fully saturated rings. The van der Waals surface area contributed by atoms with Crippen LogP contribution in [0.5, 0.6) is 5.75 Å². The molecule has 0 aromatic heterocycles. The first-order chi connectivity index (χ1) is 11.8. The first-order valence-corrected chi connectivity index (χ1v) is 8.25. The SMILES string of the molecule is CCCCOC(=O)C(C)(C)Oc1ccc(-c2ccc(F)cc2F)cc1. The van der Waals surface area contributed by atoms with Crippen LogP contribution in [0.25, 0.3) is 11.1 Å². The second-order valence-electron chi connectivity index (χ2n) is 6.25. The third-order valence-electron chi connectivity index (χ3n) is 3.69. The van der Waals surface area contributed by atoms with Crippen molar-refractivity contribution in [3.8, 4) is 16.9 Å². The van der Waals surface area contributed by atoms with E-state index >= 15 is 0 Å². The predicted octanol–water partition coefficient (Wildman–Crippen LogP) is 5.13. The second-order valence-corrected chi connectivity index (χ2v) is 6.25. The van der Waals surface area contributed by atoms with Gasteiger partial charge in [-0.05, 0) is 50.1 Å². The van der Waals surface area contributed by atoms with Crippen LogP contribution in [0, 0.1) is 11.6 Å². The standard InChI is InChI=1S/C20H22F2O3/c1-4-5-12-24-19(23)20(2,3)25-16-9-6-14(7-10-16)17-11-8-15(21)13-18(17)22/h6-11,13H,4-5,12H2,1-3H3. The highest BCUT2D eigenvalue weighted by molar-refractivity contribution is 5.79. The molecule has 0 spiro atoms. The summed E-state index contributed by atoms with van der Waals surface area (Å²) in [7, 11) is 0. The highest BCUT2D eigenvalue weighted by atomic mass is 19.1. The first-order valence-electron chi connectivity index (χ1n) is 8.25. The van der Waals surface area contributed by atoms with Crippen molar-refractivity contribution in [2.75, 3.05) is 6.61 Å². The van der Waals surface area contributed by atoms with Gasteiger partial charge in [0.1, 0.15) is 17.4 Å². The Morgan fingerprint density at radius 3 is 2.36 bits per heavy atom. The van der Waals surface area contributed by atoms with E-state index in [1.54, 1.807) is 38.1 Å². The largest absolute Gasteiger partial charge is 0.476 e. The van der Waals surface area contributed by atoms with Gasteiger partial charge < -0.3 is 9.47 Å². The molecule has 0 radical (unpaired) electrons. The molecule has 0 amide bonds. The van der Waals surface area contributed by atoms with Gasteiger partial charge in [-0.2, -0.15) is 0 Å². The third-order valence-corrected chi connectivity index (χ3v) is 3.69. The van der Waals surface area contributed by atoms with Crippen LogP contribution >= 0.6 is 0 Å². The Balaban J connectivity index is 2.08. The van der Waals surface area contributed by atoms with E-state index in [0.717, 1.165) is 18.9 Å². The Labute approximate surface area is 146 Å². The van der Waals surface area contributed by atoms with Gasteiger partial charge in [-0.25, -0.2) is 13.6 Å². The normalized spacial score (nSPS) is 11.2. The molecule has 0 N–H and O–H groups in total. The number of carbonyl (C=O) groups is 1. The molecule has 0 saturated carbocycles. The monoisotopic (exact) mass is 348 g/mol. The van der Waals surface area contributed by atoms with Crippen molar-refractivity contribution < 1.29 is 23.0 Å². The minimum Gasteiger partial charge on any atom is -0.476 e. The third kappa shape index (κ3) is 5.02. The average molecular weight is 348 g/mol. The molecule has 2 aromatic rings. The van der Waals surface area contributed by atoms with Crippen molar-refractivity contribution in [1.29, 1.82) is 0 Å². The Morgan fingerprint density at radius 1 is 1.08 bits per heavy atom. The number of carbonyl (C=O) groups excluding carboxylic acids is 1. The number of ether oxygens (including phenoxy) is 2. The zero-order valence-corrected chi connectivity index (χ0v) is 14.6. The van der Waals surface area contributed by atoms with Crippen LogP contribution in [0.1, 0.15) is 33.6 Å². The lowest BCUT2D eigenvalue weighted by Crippen LogP contribution is -2.39. The fourth-order valence-corrected chi connectivity index (χ4v) is 2.25. The quantitative estimate of drug-likeness (QED) is 0.514. The number of esters is 1. The van der Waals surface area contributed by atoms with Crippen LogP contribution < -0.4 is 4.74 Å². The van der Waals surface area contributed by atoms with Crippen molar-refractivity contribution in [3.05, 3.63) is 54.1 Å². The Kier molecular flexibility index (Phi) is 6.12. The summed E-state index contributed by atoms with van der Waals surface area (Å²) in [5, 5.41) is 0. The Bertz CT molecular complexity index is 724. The van der Waals surface area contributed by atoms with Crippen LogP contribution in [-0.2, 0) is 9.53 Å². The van der Waals surface area contributed by atoms with E-state index in [4.69, 9.17) is 9.47 Å². The molecule has 0 aliphatic rings. The highest BCUT2D eigenvalue weighted by Gasteiger charge is 2.31. The van der Waals surface area contributed by atoms with Gasteiger partial charge >= 0.3 is 5.97 Å². The molecule has 2 rings (SSSR count). The van der Waals surface area contributed by atoms with Gasteiger partial charge in [-0.3, -0.25) is 0 Å². The highest BCUT2D eigenvalue weighted by Crippen LogP contribution is 2.27. The number of rotatable bonds is 7. The molecule has 0 saturated heterocycles. The maximum atomic E-state index is 13.8. The van der Waals surface area contributed by atoms with Crippen LogP contribution in [0.2, 0.25) is 0 Å². The van der Waals surface area contributed by atoms with Crippen LogP contribution in [0.15, 0.2) is 42.5 Å². The van der Waals surface area contributed by atoms with E-state index in [9.17, 15) is 13.6 Å². The van der Waals surface area contributed by atoms with E-state index in [2.05, 4.69) is 0 Å². The number of benzene rings is 2. The summed E-state index contributed by atoms with van der Waals surface area (Å²) in [4.78, 5) is 12.1. The van der Waals surface area contributed by atoms with E-state index in [-0.39, 0.29) is 0 Å². The van der Waals surface area contributed by atoms with Gasteiger partial charge in [0.05, 0.1) is 6.61 Å². The molecule has 0 unspecified atom stereocenters. The Morgan fingerprint density at radius 2 is 1.76 bits per heavy atom. The summed E-state index contributed by atoms with van der Waals surface area (Å²) in [6.07, 6.45) is 1.75. The molecule has 0 aliphatic carbocycles. The predicted molar refractivity (Wildman–Crippen MR) is 92.4 cm³/mol. The lowest BCUT2D eigenvalue weighted by atomic mass is 10.0. The lowest BCUT2D eigenvalue weighted by molar-refractivity contribution is -0.159. The molecule has 5 heteroatoms. The zero-order chi connectivity index (χ0) is 18.4. The molecule has 134 valence electrons. The summed E-state index contributed by atoms with van der Waals surface area (Å²) >= 11 is 0. The summed E-state index contributed by atoms with van der Waals surface area (Å²) in [6, 6.07) is 10.0. The molecule has 0 aliphatic heterocycles. The maximum absolute atomic E-state index is 13.8. The molecule has 0 atom stereocenters. The minimum atomic E-state index is -1.13. The van der Waals surface area contributed by atoms with E-state index in [0.29, 0.717) is 23.5 Å². The minimum absolute atomic E-state index is 0.297. The van der Waals surface area contributed by atoms with E-state index in [1.807, 2.05) is 6.92 Å². The number of hydrogen-bond acceptors (Lipinski definition) is 3. The van der Waals surface area contributed by atoms with Gasteiger partial charge in [0, 0.05) is 11.6 Å². The van der Waals surface area contributed by atoms with Gasteiger partial charge in [0.2, 0.25) is 0 Å². The van der Waals surface area contributed by atoms with Crippen molar-refractivity contribution in [3.63, 3.8) is 0 Å². The Hall–Kier alpha value is -2.43. The van der Waals surface area contributed by atoms with Crippen LogP contribution in [-0.4, -0.2) is 18.2 Å². The number of unbranched alkanes of at least 4 members (excludes halogenated alkanes) is 1. The molecule has 2 aromatic carbocycles. The molecule has 3 nitrogen and oxygen atoms in total. The summed E-state index contributed by atoms with van der Waals surface area (Å²) < 4.78 is 37.7. The smallest absolute Gasteiger partial charge is 0.349 e. The van der Waals surface area contributed by atoms with Gasteiger partial charge in [0.15, 0.2) is 5.60 Å². The van der Waals surface area contributed by atoms with Crippen molar-refractivity contribution in [1.82, 2.24) is 0 Å². The van der Waals surface area contributed by atoms with Crippen molar-refractivity contribution in [2.24, 2.45) is 0 Å².